The summed E-state index contributed by atoms with van der Waals surface area (Å²) in [6.45, 7) is 6.10. The summed E-state index contributed by atoms with van der Waals surface area (Å²) in [6.07, 6.45) is 1.95. The SMILES string of the molecule is CCCC(C)(C)NC(=O)COc1ccc(C(N)=S)cc1. The van der Waals surface area contributed by atoms with Gasteiger partial charge >= 0.3 is 0 Å². The standard InChI is InChI=1S/C15H22N2O2S/c1-4-9-15(2,3)17-13(18)10-19-12-7-5-11(6-8-12)14(16)20/h5-8H,4,9-10H2,1-3H3,(H2,16,20)(H,17,18). The van der Waals surface area contributed by atoms with Gasteiger partial charge in [-0.25, -0.2) is 0 Å². The number of thiocarbonyl (C=S) groups is 1. The zero-order valence-electron chi connectivity index (χ0n) is 12.2. The molecule has 0 heterocycles. The number of hydrogen-bond acceptors (Lipinski definition) is 3. The molecule has 1 aromatic rings. The topological polar surface area (TPSA) is 64.3 Å². The fourth-order valence-corrected chi connectivity index (χ4v) is 2.10. The molecule has 0 fully saturated rings. The number of hydrogen-bond donors (Lipinski definition) is 2. The second-order valence-electron chi connectivity index (χ2n) is 5.36. The predicted octanol–water partition coefficient (Wildman–Crippen LogP) is 2.39. The van der Waals surface area contributed by atoms with Gasteiger partial charge < -0.3 is 15.8 Å². The first-order chi connectivity index (χ1) is 9.34. The lowest BCUT2D eigenvalue weighted by atomic mass is 9.99. The van der Waals surface area contributed by atoms with Crippen molar-refractivity contribution >= 4 is 23.1 Å². The summed E-state index contributed by atoms with van der Waals surface area (Å²) in [4.78, 5) is 12.1. The summed E-state index contributed by atoms with van der Waals surface area (Å²) in [6, 6.07) is 7.05. The van der Waals surface area contributed by atoms with E-state index < -0.39 is 0 Å². The second-order valence-corrected chi connectivity index (χ2v) is 5.80. The fraction of sp³-hybridized carbons (Fsp3) is 0.467. The van der Waals surface area contributed by atoms with Gasteiger partial charge in [-0.05, 0) is 44.5 Å². The van der Waals surface area contributed by atoms with E-state index in [1.165, 1.54) is 0 Å². The molecule has 0 saturated carbocycles. The Hall–Kier alpha value is -1.62. The van der Waals surface area contributed by atoms with Gasteiger partial charge in [0.25, 0.3) is 5.91 Å². The molecule has 0 saturated heterocycles. The summed E-state index contributed by atoms with van der Waals surface area (Å²) in [5, 5.41) is 2.95. The third-order valence-corrected chi connectivity index (χ3v) is 3.10. The lowest BCUT2D eigenvalue weighted by Gasteiger charge is -2.25. The highest BCUT2D eigenvalue weighted by atomic mass is 32.1. The predicted molar refractivity (Wildman–Crippen MR) is 85.0 cm³/mol. The number of ether oxygens (including phenoxy) is 1. The highest BCUT2D eigenvalue weighted by Gasteiger charge is 2.19. The Morgan fingerprint density at radius 1 is 1.35 bits per heavy atom. The Labute approximate surface area is 125 Å². The molecular weight excluding hydrogens is 272 g/mol. The molecule has 3 N–H and O–H groups in total. The molecule has 0 aliphatic rings. The minimum atomic E-state index is -0.204. The van der Waals surface area contributed by atoms with Crippen molar-refractivity contribution in [1.29, 1.82) is 0 Å². The molecule has 0 atom stereocenters. The molecule has 0 spiro atoms. The molecule has 0 aliphatic heterocycles. The van der Waals surface area contributed by atoms with E-state index in [9.17, 15) is 4.79 Å². The first-order valence-electron chi connectivity index (χ1n) is 6.68. The van der Waals surface area contributed by atoms with Crippen LogP contribution in [0.4, 0.5) is 0 Å². The van der Waals surface area contributed by atoms with Crippen LogP contribution in [0.5, 0.6) is 5.75 Å². The molecule has 0 radical (unpaired) electrons. The van der Waals surface area contributed by atoms with Crippen molar-refractivity contribution in [3.8, 4) is 5.75 Å². The van der Waals surface area contributed by atoms with Crippen LogP contribution < -0.4 is 15.8 Å². The highest BCUT2D eigenvalue weighted by Crippen LogP contribution is 2.13. The van der Waals surface area contributed by atoms with Gasteiger partial charge in [0, 0.05) is 11.1 Å². The van der Waals surface area contributed by atoms with E-state index in [4.69, 9.17) is 22.7 Å². The first-order valence-corrected chi connectivity index (χ1v) is 7.08. The molecule has 20 heavy (non-hydrogen) atoms. The Bertz CT molecular complexity index is 469. The van der Waals surface area contributed by atoms with Crippen molar-refractivity contribution in [2.24, 2.45) is 5.73 Å². The summed E-state index contributed by atoms with van der Waals surface area (Å²) in [7, 11) is 0. The quantitative estimate of drug-likeness (QED) is 0.758. The van der Waals surface area contributed by atoms with Crippen LogP contribution in [0.1, 0.15) is 39.2 Å². The van der Waals surface area contributed by atoms with Crippen molar-refractivity contribution in [2.45, 2.75) is 39.2 Å². The third kappa shape index (κ3) is 5.57. The third-order valence-electron chi connectivity index (χ3n) is 2.86. The molecular formula is C15H22N2O2S. The molecule has 4 nitrogen and oxygen atoms in total. The van der Waals surface area contributed by atoms with Crippen LogP contribution in [0.15, 0.2) is 24.3 Å². The lowest BCUT2D eigenvalue weighted by Crippen LogP contribution is -2.45. The fourth-order valence-electron chi connectivity index (χ4n) is 1.97. The van der Waals surface area contributed by atoms with Gasteiger partial charge in [0.1, 0.15) is 10.7 Å². The number of rotatable bonds is 7. The van der Waals surface area contributed by atoms with E-state index in [2.05, 4.69) is 12.2 Å². The maximum absolute atomic E-state index is 11.8. The molecule has 0 aromatic heterocycles. The average Bonchev–Trinajstić information content (AvgIpc) is 2.36. The number of carbonyl (C=O) groups is 1. The van der Waals surface area contributed by atoms with Crippen LogP contribution in [-0.2, 0) is 4.79 Å². The van der Waals surface area contributed by atoms with Crippen LogP contribution >= 0.6 is 12.2 Å². The Balaban J connectivity index is 2.46. The van der Waals surface area contributed by atoms with E-state index in [1.807, 2.05) is 13.8 Å². The van der Waals surface area contributed by atoms with E-state index in [-0.39, 0.29) is 18.1 Å². The van der Waals surface area contributed by atoms with Crippen LogP contribution in [0.2, 0.25) is 0 Å². The minimum Gasteiger partial charge on any atom is -0.484 e. The van der Waals surface area contributed by atoms with Crippen molar-refractivity contribution in [3.05, 3.63) is 29.8 Å². The smallest absolute Gasteiger partial charge is 0.258 e. The second kappa shape index (κ2) is 7.24. The Morgan fingerprint density at radius 2 is 1.95 bits per heavy atom. The molecule has 1 rings (SSSR count). The van der Waals surface area contributed by atoms with Crippen molar-refractivity contribution in [3.63, 3.8) is 0 Å². The van der Waals surface area contributed by atoms with E-state index in [0.29, 0.717) is 10.7 Å². The summed E-state index contributed by atoms with van der Waals surface area (Å²) < 4.78 is 5.43. The van der Waals surface area contributed by atoms with Gasteiger partial charge in [0.15, 0.2) is 6.61 Å². The van der Waals surface area contributed by atoms with Crippen LogP contribution in [0.25, 0.3) is 0 Å². The first kappa shape index (κ1) is 16.4. The van der Waals surface area contributed by atoms with Crippen molar-refractivity contribution < 1.29 is 9.53 Å². The highest BCUT2D eigenvalue weighted by molar-refractivity contribution is 7.80. The molecule has 0 unspecified atom stereocenters. The van der Waals surface area contributed by atoms with Gasteiger partial charge in [-0.1, -0.05) is 25.6 Å². The molecule has 1 amide bonds. The Kier molecular flexibility index (Phi) is 5.95. The summed E-state index contributed by atoms with van der Waals surface area (Å²) >= 11 is 4.87. The normalized spacial score (nSPS) is 10.9. The van der Waals surface area contributed by atoms with Gasteiger partial charge in [-0.15, -0.1) is 0 Å². The van der Waals surface area contributed by atoms with Gasteiger partial charge in [-0.2, -0.15) is 0 Å². The van der Waals surface area contributed by atoms with E-state index in [0.717, 1.165) is 18.4 Å². The van der Waals surface area contributed by atoms with Gasteiger partial charge in [0.05, 0.1) is 0 Å². The van der Waals surface area contributed by atoms with Crippen LogP contribution in [0, 0.1) is 0 Å². The minimum absolute atomic E-state index is 0.000434. The van der Waals surface area contributed by atoms with Crippen molar-refractivity contribution in [2.75, 3.05) is 6.61 Å². The van der Waals surface area contributed by atoms with Gasteiger partial charge in [-0.3, -0.25) is 4.79 Å². The summed E-state index contributed by atoms with van der Waals surface area (Å²) in [5.74, 6) is 0.496. The summed E-state index contributed by atoms with van der Waals surface area (Å²) in [5.41, 5.74) is 6.09. The number of carbonyl (C=O) groups excluding carboxylic acids is 1. The maximum Gasteiger partial charge on any atom is 0.258 e. The zero-order chi connectivity index (χ0) is 15.2. The van der Waals surface area contributed by atoms with Crippen LogP contribution in [-0.4, -0.2) is 23.0 Å². The lowest BCUT2D eigenvalue weighted by molar-refractivity contribution is -0.124. The zero-order valence-corrected chi connectivity index (χ0v) is 13.0. The molecule has 0 aliphatic carbocycles. The number of amides is 1. The van der Waals surface area contributed by atoms with E-state index in [1.54, 1.807) is 24.3 Å². The number of benzene rings is 1. The monoisotopic (exact) mass is 294 g/mol. The molecule has 5 heteroatoms. The molecule has 1 aromatic carbocycles. The largest absolute Gasteiger partial charge is 0.484 e. The van der Waals surface area contributed by atoms with Crippen LogP contribution in [0.3, 0.4) is 0 Å². The number of nitrogens with two attached hydrogens (primary N) is 1. The maximum atomic E-state index is 11.8. The van der Waals surface area contributed by atoms with Crippen molar-refractivity contribution in [1.82, 2.24) is 5.32 Å². The molecule has 110 valence electrons. The van der Waals surface area contributed by atoms with E-state index >= 15 is 0 Å². The van der Waals surface area contributed by atoms with Gasteiger partial charge in [0.2, 0.25) is 0 Å². The Morgan fingerprint density at radius 3 is 2.45 bits per heavy atom. The number of nitrogens with one attached hydrogen (secondary N) is 1. The average molecular weight is 294 g/mol. The molecule has 0 bridgehead atoms.